The topological polar surface area (TPSA) is 48.7 Å². The third-order valence-electron chi connectivity index (χ3n) is 2.82. The number of hydrogen-bond acceptors (Lipinski definition) is 3. The van der Waals surface area contributed by atoms with Crippen LogP contribution in [0.4, 0.5) is 18.9 Å². The molecule has 104 valence electrons. The van der Waals surface area contributed by atoms with Gasteiger partial charge >= 0.3 is 6.18 Å². The van der Waals surface area contributed by atoms with Crippen LogP contribution in [-0.4, -0.2) is 17.2 Å². The maximum Gasteiger partial charge on any atom is 0.391 e. The summed E-state index contributed by atoms with van der Waals surface area (Å²) < 4.78 is 37.2. The predicted molar refractivity (Wildman–Crippen MR) is 70.2 cm³/mol. The first-order valence-corrected chi connectivity index (χ1v) is 6.02. The minimum absolute atomic E-state index is 0.234. The number of anilines is 1. The SMILES string of the molecule is CC(CC(F)(F)F)Nc1c(C#N)cnc2ccccc12. The average Bonchev–Trinajstić information content (AvgIpc) is 2.37. The van der Waals surface area contributed by atoms with E-state index in [0.29, 0.717) is 16.6 Å². The molecule has 0 saturated heterocycles. The summed E-state index contributed by atoms with van der Waals surface area (Å²) in [4.78, 5) is 4.11. The number of benzene rings is 1. The van der Waals surface area contributed by atoms with Crippen LogP contribution in [0.25, 0.3) is 10.9 Å². The quantitative estimate of drug-likeness (QED) is 0.928. The van der Waals surface area contributed by atoms with Crippen molar-refractivity contribution in [1.29, 1.82) is 5.26 Å². The second-order valence-corrected chi connectivity index (χ2v) is 4.54. The van der Waals surface area contributed by atoms with E-state index in [1.165, 1.54) is 13.1 Å². The first kappa shape index (κ1) is 14.1. The van der Waals surface area contributed by atoms with Gasteiger partial charge in [0, 0.05) is 17.6 Å². The third-order valence-corrected chi connectivity index (χ3v) is 2.82. The van der Waals surface area contributed by atoms with Gasteiger partial charge in [0.15, 0.2) is 0 Å². The number of aromatic nitrogens is 1. The molecule has 0 aliphatic carbocycles. The molecule has 1 heterocycles. The molecule has 0 fully saturated rings. The predicted octanol–water partition coefficient (Wildman–Crippen LogP) is 3.86. The Kier molecular flexibility index (Phi) is 3.79. The lowest BCUT2D eigenvalue weighted by atomic mass is 10.1. The number of nitrogens with zero attached hydrogens (tertiary/aromatic N) is 2. The van der Waals surface area contributed by atoms with Crippen molar-refractivity contribution in [3.63, 3.8) is 0 Å². The molecule has 0 saturated carbocycles. The summed E-state index contributed by atoms with van der Waals surface area (Å²) in [6.45, 7) is 1.43. The number of nitriles is 1. The Morgan fingerprint density at radius 3 is 2.70 bits per heavy atom. The van der Waals surface area contributed by atoms with Crippen LogP contribution in [0.1, 0.15) is 18.9 Å². The summed E-state index contributed by atoms with van der Waals surface area (Å²) >= 11 is 0. The first-order valence-electron chi connectivity index (χ1n) is 6.02. The zero-order chi connectivity index (χ0) is 14.8. The Morgan fingerprint density at radius 2 is 2.05 bits per heavy atom. The maximum atomic E-state index is 12.4. The number of hydrogen-bond donors (Lipinski definition) is 1. The monoisotopic (exact) mass is 279 g/mol. The second-order valence-electron chi connectivity index (χ2n) is 4.54. The molecule has 0 radical (unpaired) electrons. The zero-order valence-electron chi connectivity index (χ0n) is 10.7. The van der Waals surface area contributed by atoms with Crippen LogP contribution in [0.3, 0.4) is 0 Å². The molecule has 1 atom stereocenters. The van der Waals surface area contributed by atoms with E-state index in [-0.39, 0.29) is 5.56 Å². The minimum Gasteiger partial charge on any atom is -0.381 e. The van der Waals surface area contributed by atoms with Crippen LogP contribution < -0.4 is 5.32 Å². The molecule has 2 rings (SSSR count). The smallest absolute Gasteiger partial charge is 0.381 e. The van der Waals surface area contributed by atoms with E-state index in [0.717, 1.165) is 0 Å². The Labute approximate surface area is 114 Å². The van der Waals surface area contributed by atoms with E-state index in [9.17, 15) is 13.2 Å². The van der Waals surface area contributed by atoms with Crippen molar-refractivity contribution in [3.05, 3.63) is 36.0 Å². The molecule has 0 aliphatic rings. The standard InChI is InChI=1S/C14H12F3N3/c1-9(6-14(15,16)17)20-13-10(7-18)8-19-12-5-3-2-4-11(12)13/h2-5,8-9H,6H2,1H3,(H,19,20). The lowest BCUT2D eigenvalue weighted by molar-refractivity contribution is -0.136. The molecule has 0 bridgehead atoms. The molecule has 6 heteroatoms. The van der Waals surface area contributed by atoms with Crippen LogP contribution in [0.2, 0.25) is 0 Å². The normalized spacial score (nSPS) is 12.9. The molecule has 1 N–H and O–H groups in total. The van der Waals surface area contributed by atoms with E-state index in [1.54, 1.807) is 24.3 Å². The molecule has 20 heavy (non-hydrogen) atoms. The molecular formula is C14H12F3N3. The molecule has 0 amide bonds. The fraction of sp³-hybridized carbons (Fsp3) is 0.286. The fourth-order valence-corrected chi connectivity index (χ4v) is 2.03. The zero-order valence-corrected chi connectivity index (χ0v) is 10.7. The van der Waals surface area contributed by atoms with Gasteiger partial charge in [-0.2, -0.15) is 18.4 Å². The van der Waals surface area contributed by atoms with Gasteiger partial charge in [0.05, 0.1) is 23.2 Å². The van der Waals surface area contributed by atoms with Crippen LogP contribution in [0.15, 0.2) is 30.5 Å². The van der Waals surface area contributed by atoms with E-state index in [4.69, 9.17) is 5.26 Å². The van der Waals surface area contributed by atoms with Gasteiger partial charge in [-0.25, -0.2) is 0 Å². The summed E-state index contributed by atoms with van der Waals surface area (Å²) in [5.74, 6) is 0. The van der Waals surface area contributed by atoms with Crippen LogP contribution in [0.5, 0.6) is 0 Å². The molecule has 2 aromatic rings. The highest BCUT2D eigenvalue weighted by Gasteiger charge is 2.30. The van der Waals surface area contributed by atoms with Crippen molar-refractivity contribution in [3.8, 4) is 6.07 Å². The average molecular weight is 279 g/mol. The number of alkyl halides is 3. The first-order chi connectivity index (χ1) is 9.40. The van der Waals surface area contributed by atoms with Crippen LogP contribution in [0, 0.1) is 11.3 Å². The Bertz CT molecular complexity index is 659. The Balaban J connectivity index is 2.40. The van der Waals surface area contributed by atoms with E-state index >= 15 is 0 Å². The number of fused-ring (bicyclic) bond motifs is 1. The number of rotatable bonds is 3. The van der Waals surface area contributed by atoms with Crippen molar-refractivity contribution in [2.24, 2.45) is 0 Å². The van der Waals surface area contributed by atoms with Crippen LogP contribution >= 0.6 is 0 Å². The van der Waals surface area contributed by atoms with Gasteiger partial charge in [0.1, 0.15) is 6.07 Å². The van der Waals surface area contributed by atoms with Crippen molar-refractivity contribution in [2.75, 3.05) is 5.32 Å². The maximum absolute atomic E-state index is 12.4. The Morgan fingerprint density at radius 1 is 1.35 bits per heavy atom. The third kappa shape index (κ3) is 3.18. The molecule has 1 unspecified atom stereocenters. The highest BCUT2D eigenvalue weighted by molar-refractivity contribution is 5.93. The lowest BCUT2D eigenvalue weighted by Gasteiger charge is -2.19. The lowest BCUT2D eigenvalue weighted by Crippen LogP contribution is -2.24. The Hall–Kier alpha value is -2.29. The van der Waals surface area contributed by atoms with Crippen molar-refractivity contribution in [1.82, 2.24) is 4.98 Å². The number of halogens is 3. The number of nitrogens with one attached hydrogen (secondary N) is 1. The van der Waals surface area contributed by atoms with Gasteiger partial charge in [-0.05, 0) is 13.0 Å². The summed E-state index contributed by atoms with van der Waals surface area (Å²) in [6, 6.07) is 8.13. The molecular weight excluding hydrogens is 267 g/mol. The summed E-state index contributed by atoms with van der Waals surface area (Å²) in [5, 5.41) is 12.5. The van der Waals surface area contributed by atoms with Gasteiger partial charge < -0.3 is 5.32 Å². The molecule has 3 nitrogen and oxygen atoms in total. The summed E-state index contributed by atoms with van der Waals surface area (Å²) in [5.41, 5.74) is 1.26. The molecule has 1 aromatic carbocycles. The van der Waals surface area contributed by atoms with Gasteiger partial charge in [0.2, 0.25) is 0 Å². The highest BCUT2D eigenvalue weighted by Crippen LogP contribution is 2.28. The van der Waals surface area contributed by atoms with Crippen molar-refractivity contribution < 1.29 is 13.2 Å². The summed E-state index contributed by atoms with van der Waals surface area (Å²) in [7, 11) is 0. The molecule has 0 spiro atoms. The van der Waals surface area contributed by atoms with Gasteiger partial charge in [-0.15, -0.1) is 0 Å². The van der Waals surface area contributed by atoms with Gasteiger partial charge in [-0.3, -0.25) is 4.98 Å². The number of para-hydroxylation sites is 1. The highest BCUT2D eigenvalue weighted by atomic mass is 19.4. The van der Waals surface area contributed by atoms with Gasteiger partial charge in [0.25, 0.3) is 0 Å². The minimum atomic E-state index is -4.25. The van der Waals surface area contributed by atoms with E-state index in [2.05, 4.69) is 10.3 Å². The van der Waals surface area contributed by atoms with Crippen molar-refractivity contribution in [2.45, 2.75) is 25.6 Å². The second kappa shape index (κ2) is 5.37. The fourth-order valence-electron chi connectivity index (χ4n) is 2.03. The van der Waals surface area contributed by atoms with Gasteiger partial charge in [-0.1, -0.05) is 18.2 Å². The number of pyridine rings is 1. The molecule has 0 aliphatic heterocycles. The van der Waals surface area contributed by atoms with Crippen LogP contribution in [-0.2, 0) is 0 Å². The largest absolute Gasteiger partial charge is 0.391 e. The van der Waals surface area contributed by atoms with E-state index in [1.807, 2.05) is 6.07 Å². The van der Waals surface area contributed by atoms with E-state index < -0.39 is 18.6 Å². The summed E-state index contributed by atoms with van der Waals surface area (Å²) in [6.07, 6.45) is -3.85. The van der Waals surface area contributed by atoms with Crippen molar-refractivity contribution >= 4 is 16.6 Å². The molecule has 1 aromatic heterocycles.